The minimum atomic E-state index is -0.561. The molecule has 3 aromatic carbocycles. The van der Waals surface area contributed by atoms with E-state index in [1.165, 1.54) is 66.9 Å². The van der Waals surface area contributed by atoms with Crippen LogP contribution in [0.2, 0.25) is 5.02 Å². The van der Waals surface area contributed by atoms with Crippen LogP contribution >= 0.6 is 11.6 Å². The van der Waals surface area contributed by atoms with Crippen LogP contribution in [0, 0.1) is 15.9 Å². The summed E-state index contributed by atoms with van der Waals surface area (Å²) in [6.45, 7) is -0.310. The molecular formula is C22H16ClFN4O5. The highest BCUT2D eigenvalue weighted by molar-refractivity contribution is 6.32. The second-order valence-electron chi connectivity index (χ2n) is 6.54. The van der Waals surface area contributed by atoms with Crippen LogP contribution in [0.5, 0.6) is 5.75 Å². The van der Waals surface area contributed by atoms with Crippen LogP contribution in [0.3, 0.4) is 0 Å². The molecule has 3 rings (SSSR count). The van der Waals surface area contributed by atoms with Crippen LogP contribution in [0.1, 0.15) is 15.9 Å². The monoisotopic (exact) mass is 470 g/mol. The molecule has 9 nitrogen and oxygen atoms in total. The number of nitrogens with one attached hydrogen (secondary N) is 2. The summed E-state index contributed by atoms with van der Waals surface area (Å²) in [5, 5.41) is 17.3. The van der Waals surface area contributed by atoms with E-state index in [0.29, 0.717) is 11.3 Å². The molecule has 0 saturated heterocycles. The van der Waals surface area contributed by atoms with E-state index in [1.54, 1.807) is 6.07 Å². The second-order valence-corrected chi connectivity index (χ2v) is 6.94. The van der Waals surface area contributed by atoms with Crippen LogP contribution in [-0.4, -0.2) is 29.6 Å². The quantitative estimate of drug-likeness (QED) is 0.290. The molecule has 0 aliphatic rings. The molecule has 0 radical (unpaired) electrons. The van der Waals surface area contributed by atoms with Gasteiger partial charge in [0.25, 0.3) is 17.5 Å². The summed E-state index contributed by atoms with van der Waals surface area (Å²) in [5.74, 6) is -1.14. The normalized spacial score (nSPS) is 10.6. The molecule has 168 valence electrons. The number of non-ortho nitro benzene ring substituents is 1. The Kier molecular flexibility index (Phi) is 7.66. The summed E-state index contributed by atoms with van der Waals surface area (Å²) >= 11 is 6.17. The standard InChI is InChI=1S/C22H16ClFN4O5/c23-19-11-14(12-25-27-22(30)15-2-8-18(9-3-15)28(31)32)1-10-20(19)33-13-21(29)26-17-6-4-16(24)5-7-17/h1-12H,13H2,(H,26,29)(H,27,30)/b25-12+. The van der Waals surface area contributed by atoms with Crippen molar-refractivity contribution in [1.29, 1.82) is 0 Å². The Balaban J connectivity index is 1.51. The molecule has 2 amide bonds. The van der Waals surface area contributed by atoms with Crippen molar-refractivity contribution in [2.75, 3.05) is 11.9 Å². The molecule has 0 atom stereocenters. The molecule has 0 fully saturated rings. The first kappa shape index (κ1) is 23.4. The number of amides is 2. The van der Waals surface area contributed by atoms with Gasteiger partial charge in [-0.05, 0) is 60.2 Å². The first-order valence-electron chi connectivity index (χ1n) is 9.37. The van der Waals surface area contributed by atoms with E-state index in [1.807, 2.05) is 0 Å². The van der Waals surface area contributed by atoms with Crippen molar-refractivity contribution in [3.05, 3.63) is 98.8 Å². The highest BCUT2D eigenvalue weighted by atomic mass is 35.5. The number of nitro groups is 1. The van der Waals surface area contributed by atoms with Gasteiger partial charge in [-0.15, -0.1) is 0 Å². The summed E-state index contributed by atoms with van der Waals surface area (Å²) in [7, 11) is 0. The Morgan fingerprint density at radius 1 is 1.09 bits per heavy atom. The van der Waals surface area contributed by atoms with Crippen LogP contribution in [-0.2, 0) is 4.79 Å². The van der Waals surface area contributed by atoms with Gasteiger partial charge < -0.3 is 10.1 Å². The summed E-state index contributed by atoms with van der Waals surface area (Å²) in [4.78, 5) is 34.1. The van der Waals surface area contributed by atoms with Gasteiger partial charge in [0.2, 0.25) is 0 Å². The highest BCUT2D eigenvalue weighted by Gasteiger charge is 2.09. The van der Waals surface area contributed by atoms with Gasteiger partial charge in [-0.1, -0.05) is 11.6 Å². The lowest BCUT2D eigenvalue weighted by molar-refractivity contribution is -0.384. The number of hydrogen-bond acceptors (Lipinski definition) is 6. The lowest BCUT2D eigenvalue weighted by atomic mass is 10.2. The lowest BCUT2D eigenvalue weighted by Crippen LogP contribution is -2.20. The minimum absolute atomic E-state index is 0.125. The van der Waals surface area contributed by atoms with Gasteiger partial charge in [-0.3, -0.25) is 19.7 Å². The zero-order valence-electron chi connectivity index (χ0n) is 16.8. The van der Waals surface area contributed by atoms with Gasteiger partial charge >= 0.3 is 0 Å². The van der Waals surface area contributed by atoms with Gasteiger partial charge in [0.05, 0.1) is 16.2 Å². The molecule has 0 spiro atoms. The molecule has 0 aromatic heterocycles. The van der Waals surface area contributed by atoms with E-state index in [-0.39, 0.29) is 28.6 Å². The number of hydrogen-bond donors (Lipinski definition) is 2. The van der Waals surface area contributed by atoms with Gasteiger partial charge in [0.1, 0.15) is 11.6 Å². The number of halogens is 2. The fraction of sp³-hybridized carbons (Fsp3) is 0.0455. The zero-order chi connectivity index (χ0) is 23.8. The van der Waals surface area contributed by atoms with Crippen LogP contribution < -0.4 is 15.5 Å². The van der Waals surface area contributed by atoms with Crippen molar-refractivity contribution >= 4 is 41.0 Å². The number of rotatable bonds is 8. The largest absolute Gasteiger partial charge is 0.482 e. The average Bonchev–Trinajstić information content (AvgIpc) is 2.80. The maximum atomic E-state index is 12.9. The topological polar surface area (TPSA) is 123 Å². The SMILES string of the molecule is O=C(COc1ccc(/C=N/NC(=O)c2ccc([N+](=O)[O-])cc2)cc1Cl)Nc1ccc(F)cc1. The van der Waals surface area contributed by atoms with Crippen molar-refractivity contribution in [3.8, 4) is 5.75 Å². The molecular weight excluding hydrogens is 455 g/mol. The number of nitrogens with zero attached hydrogens (tertiary/aromatic N) is 2. The first-order chi connectivity index (χ1) is 15.8. The zero-order valence-corrected chi connectivity index (χ0v) is 17.6. The third-order valence-corrected chi connectivity index (χ3v) is 4.46. The molecule has 2 N–H and O–H groups in total. The summed E-state index contributed by atoms with van der Waals surface area (Å²) in [6, 6.07) is 15.0. The smallest absolute Gasteiger partial charge is 0.271 e. The highest BCUT2D eigenvalue weighted by Crippen LogP contribution is 2.25. The summed E-state index contributed by atoms with van der Waals surface area (Å²) in [5.41, 5.74) is 3.37. The average molecular weight is 471 g/mol. The van der Waals surface area contributed by atoms with E-state index in [9.17, 15) is 24.1 Å². The number of anilines is 1. The first-order valence-corrected chi connectivity index (χ1v) is 9.75. The molecule has 0 unspecified atom stereocenters. The maximum Gasteiger partial charge on any atom is 0.271 e. The van der Waals surface area contributed by atoms with Crippen molar-refractivity contribution in [2.45, 2.75) is 0 Å². The predicted molar refractivity (Wildman–Crippen MR) is 120 cm³/mol. The van der Waals surface area contributed by atoms with Crippen molar-refractivity contribution < 1.29 is 23.6 Å². The van der Waals surface area contributed by atoms with Gasteiger partial charge in [0, 0.05) is 23.4 Å². The molecule has 0 bridgehead atoms. The van der Waals surface area contributed by atoms with E-state index in [4.69, 9.17) is 16.3 Å². The number of ether oxygens (including phenoxy) is 1. The Morgan fingerprint density at radius 3 is 2.42 bits per heavy atom. The predicted octanol–water partition coefficient (Wildman–Crippen LogP) is 4.17. The fourth-order valence-electron chi connectivity index (χ4n) is 2.55. The molecule has 0 aliphatic heterocycles. The summed E-state index contributed by atoms with van der Waals surface area (Å²) in [6.07, 6.45) is 1.35. The molecule has 0 heterocycles. The van der Waals surface area contributed by atoms with Crippen LogP contribution in [0.15, 0.2) is 71.8 Å². The lowest BCUT2D eigenvalue weighted by Gasteiger charge is -2.09. The number of hydrazone groups is 1. The third-order valence-electron chi connectivity index (χ3n) is 4.16. The van der Waals surface area contributed by atoms with Crippen molar-refractivity contribution in [1.82, 2.24) is 5.43 Å². The Hall–Kier alpha value is -4.31. The van der Waals surface area contributed by atoms with Gasteiger partial charge in [-0.25, -0.2) is 9.82 Å². The Bertz CT molecular complexity index is 1200. The van der Waals surface area contributed by atoms with Crippen LogP contribution in [0.4, 0.5) is 15.8 Å². The van der Waals surface area contributed by atoms with E-state index in [0.717, 1.165) is 0 Å². The minimum Gasteiger partial charge on any atom is -0.482 e. The molecule has 3 aromatic rings. The Morgan fingerprint density at radius 2 is 1.79 bits per heavy atom. The van der Waals surface area contributed by atoms with Crippen molar-refractivity contribution in [2.24, 2.45) is 5.10 Å². The second kappa shape index (κ2) is 10.8. The van der Waals surface area contributed by atoms with Gasteiger partial charge in [0.15, 0.2) is 6.61 Å². The number of carbonyl (C=O) groups is 2. The van der Waals surface area contributed by atoms with Crippen LogP contribution in [0.25, 0.3) is 0 Å². The molecule has 11 heteroatoms. The third kappa shape index (κ3) is 6.84. The number of carbonyl (C=O) groups excluding carboxylic acids is 2. The van der Waals surface area contributed by atoms with Crippen molar-refractivity contribution in [3.63, 3.8) is 0 Å². The number of nitro benzene ring substituents is 1. The van der Waals surface area contributed by atoms with E-state index < -0.39 is 22.6 Å². The molecule has 33 heavy (non-hydrogen) atoms. The van der Waals surface area contributed by atoms with E-state index in [2.05, 4.69) is 15.8 Å². The molecule has 0 saturated carbocycles. The fourth-order valence-corrected chi connectivity index (χ4v) is 2.80. The Labute approximate surface area is 192 Å². The van der Waals surface area contributed by atoms with E-state index >= 15 is 0 Å². The van der Waals surface area contributed by atoms with Gasteiger partial charge in [-0.2, -0.15) is 5.10 Å². The maximum absolute atomic E-state index is 12.9. The molecule has 0 aliphatic carbocycles. The summed E-state index contributed by atoms with van der Waals surface area (Å²) < 4.78 is 18.3. The number of benzene rings is 3.